The number of hydrogen-bond acceptors (Lipinski definition) is 2. The van der Waals surface area contributed by atoms with Crippen molar-refractivity contribution >= 4 is 11.9 Å². The Kier molecular flexibility index (Phi) is 1.66. The number of carbonyl (C=O) groups is 2. The Bertz CT molecular complexity index is 448. The molecule has 16 heavy (non-hydrogen) atoms. The van der Waals surface area contributed by atoms with Gasteiger partial charge in [0.25, 0.3) is 0 Å². The van der Waals surface area contributed by atoms with E-state index in [-0.39, 0.29) is 17.8 Å². The van der Waals surface area contributed by atoms with Crippen LogP contribution in [0.5, 0.6) is 0 Å². The summed E-state index contributed by atoms with van der Waals surface area (Å²) in [5, 5.41) is 18.3. The Labute approximate surface area is 92.3 Å². The van der Waals surface area contributed by atoms with Crippen LogP contribution in [0, 0.1) is 23.2 Å². The summed E-state index contributed by atoms with van der Waals surface area (Å²) in [7, 11) is 0. The fourth-order valence-corrected chi connectivity index (χ4v) is 3.57. The molecule has 0 aromatic heterocycles. The Morgan fingerprint density at radius 2 is 2.12 bits per heavy atom. The van der Waals surface area contributed by atoms with Crippen LogP contribution in [0.15, 0.2) is 23.8 Å². The van der Waals surface area contributed by atoms with Gasteiger partial charge >= 0.3 is 11.9 Å². The number of fused-ring (bicyclic) bond motifs is 5. The number of carboxylic acids is 2. The lowest BCUT2D eigenvalue weighted by molar-refractivity contribution is -0.148. The summed E-state index contributed by atoms with van der Waals surface area (Å²) in [4.78, 5) is 22.3. The first-order valence-electron chi connectivity index (χ1n) is 5.41. The van der Waals surface area contributed by atoms with Gasteiger partial charge in [0.15, 0.2) is 0 Å². The van der Waals surface area contributed by atoms with E-state index < -0.39 is 17.4 Å². The number of aliphatic carboxylic acids is 2. The molecule has 4 atom stereocenters. The lowest BCUT2D eigenvalue weighted by Gasteiger charge is -2.28. The number of hydrogen-bond donors (Lipinski definition) is 2. The van der Waals surface area contributed by atoms with E-state index in [1.54, 1.807) is 12.2 Å². The normalized spacial score (nSPS) is 43.2. The third-order valence-corrected chi connectivity index (χ3v) is 4.34. The third kappa shape index (κ3) is 0.944. The average Bonchev–Trinajstić information content (AvgIpc) is 2.88. The number of rotatable bonds is 2. The zero-order valence-corrected chi connectivity index (χ0v) is 8.59. The van der Waals surface area contributed by atoms with Crippen LogP contribution in [0.4, 0.5) is 0 Å². The first kappa shape index (κ1) is 9.63. The predicted octanol–water partition coefficient (Wildman–Crippen LogP) is 1.29. The number of allylic oxidation sites excluding steroid dienone is 2. The zero-order chi connectivity index (χ0) is 11.5. The van der Waals surface area contributed by atoms with E-state index in [9.17, 15) is 14.7 Å². The summed E-state index contributed by atoms with van der Waals surface area (Å²) in [5.41, 5.74) is -0.419. The van der Waals surface area contributed by atoms with Gasteiger partial charge in [0.1, 0.15) is 0 Å². The molecule has 1 saturated carbocycles. The summed E-state index contributed by atoms with van der Waals surface area (Å²) in [6.45, 7) is 0. The van der Waals surface area contributed by atoms with Crippen molar-refractivity contribution in [1.82, 2.24) is 0 Å². The second kappa shape index (κ2) is 2.75. The van der Waals surface area contributed by atoms with Gasteiger partial charge in [-0.15, -0.1) is 0 Å². The molecule has 0 spiro atoms. The molecule has 84 valence electrons. The summed E-state index contributed by atoms with van der Waals surface area (Å²) in [5.74, 6) is -1.43. The van der Waals surface area contributed by atoms with Gasteiger partial charge in [-0.3, -0.25) is 4.79 Å². The maximum absolute atomic E-state index is 11.4. The Morgan fingerprint density at radius 3 is 2.75 bits per heavy atom. The highest BCUT2D eigenvalue weighted by Gasteiger charge is 2.60. The molecule has 0 amide bonds. The lowest BCUT2D eigenvalue weighted by atomic mass is 9.74. The summed E-state index contributed by atoms with van der Waals surface area (Å²) >= 11 is 0. The smallest absolute Gasteiger partial charge is 0.331 e. The van der Waals surface area contributed by atoms with Gasteiger partial charge in [-0.25, -0.2) is 4.79 Å². The lowest BCUT2D eigenvalue weighted by Crippen LogP contribution is -2.33. The van der Waals surface area contributed by atoms with Crippen molar-refractivity contribution in [2.24, 2.45) is 23.2 Å². The van der Waals surface area contributed by atoms with Crippen molar-refractivity contribution in [1.29, 1.82) is 0 Å². The Balaban J connectivity index is 1.99. The Morgan fingerprint density at radius 1 is 1.38 bits per heavy atom. The van der Waals surface area contributed by atoms with Crippen LogP contribution < -0.4 is 0 Å². The zero-order valence-electron chi connectivity index (χ0n) is 8.59. The largest absolute Gasteiger partial charge is 0.481 e. The molecular weight excluding hydrogens is 208 g/mol. The fourth-order valence-electron chi connectivity index (χ4n) is 3.57. The van der Waals surface area contributed by atoms with Crippen LogP contribution in [-0.4, -0.2) is 22.2 Å². The van der Waals surface area contributed by atoms with E-state index >= 15 is 0 Å². The highest BCUT2D eigenvalue weighted by Crippen LogP contribution is 2.61. The Hall–Kier alpha value is -1.58. The SMILES string of the molecule is O=C(O)C1=C[C@@H]2[C@H]3C=C[C@@](C(=O)O)(C3)[C@H]2C1. The fraction of sp³-hybridized carbons (Fsp3) is 0.500. The highest BCUT2D eigenvalue weighted by atomic mass is 16.4. The van der Waals surface area contributed by atoms with Crippen LogP contribution >= 0.6 is 0 Å². The van der Waals surface area contributed by atoms with E-state index in [2.05, 4.69) is 0 Å². The molecule has 0 saturated heterocycles. The first-order chi connectivity index (χ1) is 7.54. The second-order valence-electron chi connectivity index (χ2n) is 4.96. The molecule has 1 fully saturated rings. The summed E-state index contributed by atoms with van der Waals surface area (Å²) in [6.07, 6.45) is 6.52. The van der Waals surface area contributed by atoms with Crippen molar-refractivity contribution in [2.45, 2.75) is 12.8 Å². The topological polar surface area (TPSA) is 74.6 Å². The maximum atomic E-state index is 11.4. The molecule has 4 heteroatoms. The first-order valence-corrected chi connectivity index (χ1v) is 5.41. The van der Waals surface area contributed by atoms with Gasteiger partial charge in [-0.1, -0.05) is 18.2 Å². The van der Waals surface area contributed by atoms with E-state index in [4.69, 9.17) is 5.11 Å². The van der Waals surface area contributed by atoms with Crippen molar-refractivity contribution in [3.05, 3.63) is 23.8 Å². The molecule has 2 N–H and O–H groups in total. The van der Waals surface area contributed by atoms with Crippen molar-refractivity contribution in [2.75, 3.05) is 0 Å². The standard InChI is InChI=1S/C12H12O4/c13-10(14)7-3-8-6-1-2-12(5-6,11(15)16)9(8)4-7/h1-3,6,8-9H,4-5H2,(H,13,14)(H,15,16)/t6-,8+,9-,12+/m0/s1. The number of carboxylic acid groups (broad SMARTS) is 2. The molecule has 4 nitrogen and oxygen atoms in total. The molecule has 2 bridgehead atoms. The maximum Gasteiger partial charge on any atom is 0.331 e. The molecule has 0 unspecified atom stereocenters. The van der Waals surface area contributed by atoms with Crippen LogP contribution in [0.2, 0.25) is 0 Å². The molecule has 0 aromatic rings. The molecule has 0 heterocycles. The van der Waals surface area contributed by atoms with E-state index in [1.807, 2.05) is 6.08 Å². The molecule has 3 rings (SSSR count). The minimum Gasteiger partial charge on any atom is -0.481 e. The van der Waals surface area contributed by atoms with E-state index in [0.717, 1.165) is 0 Å². The van der Waals surface area contributed by atoms with Gasteiger partial charge in [-0.05, 0) is 30.6 Å². The van der Waals surface area contributed by atoms with Crippen LogP contribution in [0.3, 0.4) is 0 Å². The highest BCUT2D eigenvalue weighted by molar-refractivity contribution is 5.88. The summed E-state index contributed by atoms with van der Waals surface area (Å²) in [6, 6.07) is 0. The van der Waals surface area contributed by atoms with Gasteiger partial charge in [-0.2, -0.15) is 0 Å². The van der Waals surface area contributed by atoms with Gasteiger partial charge in [0, 0.05) is 5.57 Å². The minimum atomic E-state index is -0.908. The predicted molar refractivity (Wildman–Crippen MR) is 54.6 cm³/mol. The van der Waals surface area contributed by atoms with E-state index in [0.29, 0.717) is 18.4 Å². The van der Waals surface area contributed by atoms with Crippen LogP contribution in [0.1, 0.15) is 12.8 Å². The summed E-state index contributed by atoms with van der Waals surface area (Å²) < 4.78 is 0. The molecular formula is C12H12O4. The minimum absolute atomic E-state index is 0.0499. The average molecular weight is 220 g/mol. The quantitative estimate of drug-likeness (QED) is 0.688. The van der Waals surface area contributed by atoms with Crippen LogP contribution in [-0.2, 0) is 9.59 Å². The molecule has 3 aliphatic carbocycles. The van der Waals surface area contributed by atoms with Crippen LogP contribution in [0.25, 0.3) is 0 Å². The van der Waals surface area contributed by atoms with Gasteiger partial charge in [0.05, 0.1) is 5.41 Å². The monoisotopic (exact) mass is 220 g/mol. The van der Waals surface area contributed by atoms with Crippen molar-refractivity contribution in [3.8, 4) is 0 Å². The van der Waals surface area contributed by atoms with Gasteiger partial charge in [0.2, 0.25) is 0 Å². The van der Waals surface area contributed by atoms with E-state index in [1.165, 1.54) is 0 Å². The molecule has 0 aromatic carbocycles. The van der Waals surface area contributed by atoms with Crippen molar-refractivity contribution < 1.29 is 19.8 Å². The molecule has 0 aliphatic heterocycles. The van der Waals surface area contributed by atoms with Gasteiger partial charge < -0.3 is 10.2 Å². The third-order valence-electron chi connectivity index (χ3n) is 4.34. The van der Waals surface area contributed by atoms with Crippen molar-refractivity contribution in [3.63, 3.8) is 0 Å². The molecule has 0 radical (unpaired) electrons. The second-order valence-corrected chi connectivity index (χ2v) is 4.96. The molecule has 3 aliphatic rings.